The molecule has 0 fully saturated rings. The van der Waals surface area contributed by atoms with Crippen LogP contribution in [0.15, 0.2) is 18.3 Å². The lowest BCUT2D eigenvalue weighted by molar-refractivity contribution is -0.137. The molecule has 0 aliphatic carbocycles. The number of hydrogen-bond acceptors (Lipinski definition) is 2. The highest BCUT2D eigenvalue weighted by Gasteiger charge is 2.31. The third kappa shape index (κ3) is 2.95. The molecule has 1 atom stereocenters. The number of pyridine rings is 1. The Kier molecular flexibility index (Phi) is 3.28. The average molecular weight is 232 g/mol. The SMILES string of the molecule is CC(C)(C)C(N)c1ccc(C(F)(F)F)cn1. The molecule has 16 heavy (non-hydrogen) atoms. The van der Waals surface area contributed by atoms with Crippen molar-refractivity contribution in [3.8, 4) is 0 Å². The van der Waals surface area contributed by atoms with Crippen LogP contribution in [0, 0.1) is 5.41 Å². The highest BCUT2D eigenvalue weighted by atomic mass is 19.4. The van der Waals surface area contributed by atoms with Crippen LogP contribution in [-0.2, 0) is 6.18 Å². The molecule has 0 aliphatic rings. The van der Waals surface area contributed by atoms with Crippen molar-refractivity contribution in [2.24, 2.45) is 11.1 Å². The van der Waals surface area contributed by atoms with Crippen LogP contribution in [0.2, 0.25) is 0 Å². The van der Waals surface area contributed by atoms with Gasteiger partial charge in [-0.3, -0.25) is 4.98 Å². The topological polar surface area (TPSA) is 38.9 Å². The summed E-state index contributed by atoms with van der Waals surface area (Å²) >= 11 is 0. The van der Waals surface area contributed by atoms with Gasteiger partial charge in [-0.05, 0) is 17.5 Å². The van der Waals surface area contributed by atoms with Crippen molar-refractivity contribution >= 4 is 0 Å². The van der Waals surface area contributed by atoms with Crippen molar-refractivity contribution in [3.63, 3.8) is 0 Å². The smallest absolute Gasteiger partial charge is 0.322 e. The number of hydrogen-bond donors (Lipinski definition) is 1. The summed E-state index contributed by atoms with van der Waals surface area (Å²) in [6, 6.07) is 1.96. The standard InChI is InChI=1S/C11H15F3N2/c1-10(2,3)9(15)8-5-4-7(6-16-8)11(12,13)14/h4-6,9H,15H2,1-3H3. The minimum atomic E-state index is -4.35. The molecule has 0 aromatic carbocycles. The zero-order valence-corrected chi connectivity index (χ0v) is 9.47. The normalized spacial score (nSPS) is 14.9. The lowest BCUT2D eigenvalue weighted by Crippen LogP contribution is -2.27. The average Bonchev–Trinajstić information content (AvgIpc) is 2.14. The Morgan fingerprint density at radius 3 is 2.06 bits per heavy atom. The van der Waals surface area contributed by atoms with E-state index in [1.807, 2.05) is 20.8 Å². The fourth-order valence-corrected chi connectivity index (χ4v) is 1.20. The number of nitrogens with zero attached hydrogens (tertiary/aromatic N) is 1. The van der Waals surface area contributed by atoms with Crippen LogP contribution in [0.3, 0.4) is 0 Å². The van der Waals surface area contributed by atoms with Crippen molar-refractivity contribution in [1.82, 2.24) is 4.98 Å². The molecule has 5 heteroatoms. The first-order valence-corrected chi connectivity index (χ1v) is 4.91. The summed E-state index contributed by atoms with van der Waals surface area (Å²) in [5.41, 5.74) is 5.38. The maximum absolute atomic E-state index is 12.3. The second kappa shape index (κ2) is 4.05. The second-order valence-corrected chi connectivity index (χ2v) is 4.81. The first kappa shape index (κ1) is 13.0. The van der Waals surface area contributed by atoms with Gasteiger partial charge in [0.2, 0.25) is 0 Å². The van der Waals surface area contributed by atoms with Crippen LogP contribution in [0.5, 0.6) is 0 Å². The zero-order valence-electron chi connectivity index (χ0n) is 9.47. The second-order valence-electron chi connectivity index (χ2n) is 4.81. The molecule has 90 valence electrons. The molecule has 0 radical (unpaired) electrons. The Morgan fingerprint density at radius 1 is 1.19 bits per heavy atom. The molecule has 2 N–H and O–H groups in total. The molecule has 0 aliphatic heterocycles. The van der Waals surface area contributed by atoms with Crippen molar-refractivity contribution < 1.29 is 13.2 Å². The molecular formula is C11H15F3N2. The van der Waals surface area contributed by atoms with E-state index >= 15 is 0 Å². The van der Waals surface area contributed by atoms with Gasteiger partial charge < -0.3 is 5.73 Å². The number of aromatic nitrogens is 1. The number of rotatable bonds is 1. The van der Waals surface area contributed by atoms with Crippen LogP contribution in [0.25, 0.3) is 0 Å². The van der Waals surface area contributed by atoms with E-state index in [4.69, 9.17) is 5.73 Å². The highest BCUT2D eigenvalue weighted by molar-refractivity contribution is 5.19. The monoisotopic (exact) mass is 232 g/mol. The summed E-state index contributed by atoms with van der Waals surface area (Å²) < 4.78 is 36.9. The van der Waals surface area contributed by atoms with E-state index in [-0.39, 0.29) is 11.5 Å². The first-order chi connectivity index (χ1) is 7.12. The Morgan fingerprint density at radius 2 is 1.75 bits per heavy atom. The largest absolute Gasteiger partial charge is 0.417 e. The Balaban J connectivity index is 2.96. The fourth-order valence-electron chi connectivity index (χ4n) is 1.20. The minimum Gasteiger partial charge on any atom is -0.322 e. The fraction of sp³-hybridized carbons (Fsp3) is 0.545. The summed E-state index contributed by atoms with van der Waals surface area (Å²) in [6.45, 7) is 5.74. The number of alkyl halides is 3. The van der Waals surface area contributed by atoms with E-state index in [9.17, 15) is 13.2 Å². The minimum absolute atomic E-state index is 0.229. The molecule has 0 saturated carbocycles. The van der Waals surface area contributed by atoms with Gasteiger partial charge >= 0.3 is 6.18 Å². The molecule has 1 heterocycles. The summed E-state index contributed by atoms with van der Waals surface area (Å²) in [4.78, 5) is 3.77. The molecule has 0 bridgehead atoms. The van der Waals surface area contributed by atoms with Gasteiger partial charge in [-0.15, -0.1) is 0 Å². The number of halogens is 3. The summed E-state index contributed by atoms with van der Waals surface area (Å²) in [6.07, 6.45) is -3.53. The van der Waals surface area contributed by atoms with Crippen molar-refractivity contribution in [3.05, 3.63) is 29.6 Å². The lowest BCUT2D eigenvalue weighted by Gasteiger charge is -2.26. The van der Waals surface area contributed by atoms with Crippen LogP contribution in [0.1, 0.15) is 38.1 Å². The maximum atomic E-state index is 12.3. The van der Waals surface area contributed by atoms with Crippen LogP contribution in [0.4, 0.5) is 13.2 Å². The highest BCUT2D eigenvalue weighted by Crippen LogP contribution is 2.32. The Hall–Kier alpha value is -1.10. The lowest BCUT2D eigenvalue weighted by atomic mass is 9.85. The van der Waals surface area contributed by atoms with E-state index in [2.05, 4.69) is 4.98 Å². The van der Waals surface area contributed by atoms with Crippen molar-refractivity contribution in [2.75, 3.05) is 0 Å². The van der Waals surface area contributed by atoms with E-state index in [1.165, 1.54) is 6.07 Å². The van der Waals surface area contributed by atoms with Crippen molar-refractivity contribution in [2.45, 2.75) is 33.0 Å². The molecule has 1 aromatic heterocycles. The van der Waals surface area contributed by atoms with Crippen molar-refractivity contribution in [1.29, 1.82) is 0 Å². The van der Waals surface area contributed by atoms with E-state index in [0.29, 0.717) is 5.69 Å². The first-order valence-electron chi connectivity index (χ1n) is 4.91. The van der Waals surface area contributed by atoms with Gasteiger partial charge in [-0.25, -0.2) is 0 Å². The molecule has 0 spiro atoms. The molecule has 0 saturated heterocycles. The quantitative estimate of drug-likeness (QED) is 0.807. The molecular weight excluding hydrogens is 217 g/mol. The number of nitrogens with two attached hydrogens (primary N) is 1. The van der Waals surface area contributed by atoms with Crippen LogP contribution in [-0.4, -0.2) is 4.98 Å². The third-order valence-corrected chi connectivity index (χ3v) is 2.37. The predicted octanol–water partition coefficient (Wildman–Crippen LogP) is 3.15. The predicted molar refractivity (Wildman–Crippen MR) is 55.6 cm³/mol. The van der Waals surface area contributed by atoms with Crippen LogP contribution < -0.4 is 5.73 Å². The van der Waals surface area contributed by atoms with Gasteiger partial charge in [-0.1, -0.05) is 20.8 Å². The maximum Gasteiger partial charge on any atom is 0.417 e. The summed E-state index contributed by atoms with van der Waals surface area (Å²) in [5.74, 6) is 0. The van der Waals surface area contributed by atoms with Crippen LogP contribution >= 0.6 is 0 Å². The Bertz CT molecular complexity index is 349. The van der Waals surface area contributed by atoms with E-state index < -0.39 is 11.7 Å². The summed E-state index contributed by atoms with van der Waals surface area (Å²) in [7, 11) is 0. The third-order valence-electron chi connectivity index (χ3n) is 2.37. The van der Waals surface area contributed by atoms with Gasteiger partial charge in [-0.2, -0.15) is 13.2 Å². The summed E-state index contributed by atoms with van der Waals surface area (Å²) in [5, 5.41) is 0. The van der Waals surface area contributed by atoms with Gasteiger partial charge in [0, 0.05) is 6.20 Å². The van der Waals surface area contributed by atoms with Gasteiger partial charge in [0.1, 0.15) is 0 Å². The van der Waals surface area contributed by atoms with Gasteiger partial charge in [0.05, 0.1) is 17.3 Å². The molecule has 1 aromatic rings. The van der Waals surface area contributed by atoms with Gasteiger partial charge in [0.15, 0.2) is 0 Å². The van der Waals surface area contributed by atoms with E-state index in [1.54, 1.807) is 0 Å². The Labute approximate surface area is 92.7 Å². The van der Waals surface area contributed by atoms with E-state index in [0.717, 1.165) is 12.3 Å². The molecule has 1 unspecified atom stereocenters. The van der Waals surface area contributed by atoms with Gasteiger partial charge in [0.25, 0.3) is 0 Å². The zero-order chi connectivity index (χ0) is 12.6. The molecule has 2 nitrogen and oxygen atoms in total. The molecule has 1 rings (SSSR count). The molecule has 0 amide bonds.